The molecule has 2 saturated heterocycles. The minimum absolute atomic E-state index is 0.304. The number of nitrogens with zero attached hydrogens (tertiary/aromatic N) is 2. The largest absolute Gasteiger partial charge is 0.493 e. The molecule has 2 fully saturated rings. The van der Waals surface area contributed by atoms with E-state index in [1.54, 1.807) is 0 Å². The minimum Gasteiger partial charge on any atom is -0.493 e. The van der Waals surface area contributed by atoms with Crippen LogP contribution in [-0.4, -0.2) is 80.8 Å². The molecule has 3 aromatic rings. The molecule has 0 aromatic heterocycles. The fraction of sp³-hybridized carbons (Fsp3) is 0.529. The first-order chi connectivity index (χ1) is 20.1. The summed E-state index contributed by atoms with van der Waals surface area (Å²) in [5, 5.41) is 3.72. The zero-order chi connectivity index (χ0) is 28.4. The number of piperidine rings is 2. The predicted molar refractivity (Wildman–Crippen MR) is 163 cm³/mol. The molecule has 5 rings (SSSR count). The van der Waals surface area contributed by atoms with Gasteiger partial charge >= 0.3 is 11.9 Å². The third kappa shape index (κ3) is 7.77. The maximum atomic E-state index is 12.9. The highest BCUT2D eigenvalue weighted by molar-refractivity contribution is 6.13. The van der Waals surface area contributed by atoms with Crippen molar-refractivity contribution >= 4 is 33.5 Å². The number of ether oxygens (including phenoxy) is 3. The van der Waals surface area contributed by atoms with Crippen LogP contribution in [0.3, 0.4) is 0 Å². The summed E-state index contributed by atoms with van der Waals surface area (Å²) in [5.74, 6) is 0.0650. The number of carbonyl (C=O) groups excluding carboxylic acids is 2. The summed E-state index contributed by atoms with van der Waals surface area (Å²) < 4.78 is 17.2. The summed E-state index contributed by atoms with van der Waals surface area (Å²) in [6, 6.07) is 13.2. The Bertz CT molecular complexity index is 1330. The van der Waals surface area contributed by atoms with Gasteiger partial charge in [0.15, 0.2) is 0 Å². The average molecular weight is 561 g/mol. The fourth-order valence-electron chi connectivity index (χ4n) is 6.10. The van der Waals surface area contributed by atoms with Crippen LogP contribution >= 0.6 is 0 Å². The summed E-state index contributed by atoms with van der Waals surface area (Å²) >= 11 is 0. The molecule has 220 valence electrons. The lowest BCUT2D eigenvalue weighted by Gasteiger charge is -2.26. The van der Waals surface area contributed by atoms with Gasteiger partial charge in [0.2, 0.25) is 0 Å². The van der Waals surface area contributed by atoms with Crippen LogP contribution in [0.4, 0.5) is 0 Å². The predicted octanol–water partition coefficient (Wildman–Crippen LogP) is 6.46. The zero-order valence-corrected chi connectivity index (χ0v) is 24.5. The van der Waals surface area contributed by atoms with E-state index >= 15 is 0 Å². The van der Waals surface area contributed by atoms with Gasteiger partial charge in [-0.2, -0.15) is 0 Å². The van der Waals surface area contributed by atoms with Crippen molar-refractivity contribution in [1.29, 1.82) is 0 Å². The Balaban J connectivity index is 1.24. The van der Waals surface area contributed by atoms with Gasteiger partial charge in [0.25, 0.3) is 0 Å². The molecular formula is C34H44N2O5. The summed E-state index contributed by atoms with van der Waals surface area (Å²) in [4.78, 5) is 30.6. The van der Waals surface area contributed by atoms with E-state index in [1.165, 1.54) is 38.5 Å². The molecule has 0 saturated carbocycles. The molecule has 0 atom stereocenters. The molecule has 0 amide bonds. The Morgan fingerprint density at radius 1 is 0.659 bits per heavy atom. The van der Waals surface area contributed by atoms with Crippen molar-refractivity contribution in [2.75, 3.05) is 59.1 Å². The van der Waals surface area contributed by atoms with Gasteiger partial charge < -0.3 is 24.0 Å². The molecule has 0 radical (unpaired) electrons. The van der Waals surface area contributed by atoms with Crippen molar-refractivity contribution < 1.29 is 23.8 Å². The van der Waals surface area contributed by atoms with Crippen molar-refractivity contribution in [3.63, 3.8) is 0 Å². The van der Waals surface area contributed by atoms with Crippen LogP contribution in [0.25, 0.3) is 21.5 Å². The van der Waals surface area contributed by atoms with E-state index in [9.17, 15) is 9.59 Å². The quantitative estimate of drug-likeness (QED) is 0.143. The summed E-state index contributed by atoms with van der Waals surface area (Å²) in [5.41, 5.74) is 1.04. The van der Waals surface area contributed by atoms with Crippen molar-refractivity contribution in [2.24, 2.45) is 0 Å². The molecule has 41 heavy (non-hydrogen) atoms. The molecule has 0 N–H and O–H groups in total. The van der Waals surface area contributed by atoms with Gasteiger partial charge in [-0.1, -0.05) is 25.0 Å². The summed E-state index contributed by atoms with van der Waals surface area (Å²) in [7, 11) is 0. The number of benzene rings is 3. The topological polar surface area (TPSA) is 68.3 Å². The van der Waals surface area contributed by atoms with E-state index in [1.807, 2.05) is 49.4 Å². The lowest BCUT2D eigenvalue weighted by molar-refractivity contribution is 0.0476. The van der Waals surface area contributed by atoms with Crippen molar-refractivity contribution in [3.05, 3.63) is 53.6 Å². The van der Waals surface area contributed by atoms with E-state index < -0.39 is 0 Å². The van der Waals surface area contributed by atoms with E-state index in [0.717, 1.165) is 73.7 Å². The molecular weight excluding hydrogens is 516 g/mol. The Morgan fingerprint density at radius 3 is 1.76 bits per heavy atom. The van der Waals surface area contributed by atoms with Gasteiger partial charge in [0, 0.05) is 18.5 Å². The molecule has 3 aromatic carbocycles. The number of likely N-dealkylation sites (tertiary alicyclic amines) is 2. The number of carbonyl (C=O) groups is 2. The SMILES string of the molecule is CCOc1cc2cc(C(=O)OCCCN3CCCCC3)ccc2c2ccc(C(=O)OCCCN3CCCCC3)cc12. The van der Waals surface area contributed by atoms with Gasteiger partial charge in [-0.3, -0.25) is 0 Å². The lowest BCUT2D eigenvalue weighted by Crippen LogP contribution is -2.31. The van der Waals surface area contributed by atoms with Gasteiger partial charge in [-0.25, -0.2) is 9.59 Å². The number of rotatable bonds is 12. The van der Waals surface area contributed by atoms with Gasteiger partial charge in [-0.05, 0) is 118 Å². The van der Waals surface area contributed by atoms with Crippen LogP contribution in [0.2, 0.25) is 0 Å². The Labute approximate surface area is 243 Å². The maximum absolute atomic E-state index is 12.9. The molecule has 0 bridgehead atoms. The van der Waals surface area contributed by atoms with E-state index in [4.69, 9.17) is 14.2 Å². The lowest BCUT2D eigenvalue weighted by atomic mass is 9.97. The van der Waals surface area contributed by atoms with E-state index in [2.05, 4.69) is 9.80 Å². The Kier molecular flexibility index (Phi) is 10.5. The first-order valence-electron chi connectivity index (χ1n) is 15.5. The minimum atomic E-state index is -0.313. The monoisotopic (exact) mass is 560 g/mol. The van der Waals surface area contributed by atoms with Crippen LogP contribution in [0.5, 0.6) is 5.75 Å². The molecule has 0 aliphatic carbocycles. The maximum Gasteiger partial charge on any atom is 0.338 e. The zero-order valence-electron chi connectivity index (χ0n) is 24.5. The fourth-order valence-corrected chi connectivity index (χ4v) is 6.10. The smallest absolute Gasteiger partial charge is 0.338 e. The standard InChI is InChI=1S/C34H44N2O5/c1-2-39-32-25-28-23-26(33(37)40-21-9-19-35-15-5-3-6-16-35)11-13-29(28)30-14-12-27(24-31(30)32)34(38)41-22-10-20-36-17-7-4-8-18-36/h11-14,23-25H,2-10,15-22H2,1H3. The molecule has 7 nitrogen and oxygen atoms in total. The van der Waals surface area contributed by atoms with Crippen LogP contribution in [0, 0.1) is 0 Å². The molecule has 2 aliphatic rings. The molecule has 0 spiro atoms. The first kappa shape index (κ1) is 29.3. The number of hydrogen-bond acceptors (Lipinski definition) is 7. The molecule has 2 aliphatic heterocycles. The van der Waals surface area contributed by atoms with Crippen LogP contribution < -0.4 is 4.74 Å². The third-order valence-corrected chi connectivity index (χ3v) is 8.29. The van der Waals surface area contributed by atoms with Crippen molar-refractivity contribution in [3.8, 4) is 5.75 Å². The molecule has 7 heteroatoms. The highest BCUT2D eigenvalue weighted by Crippen LogP contribution is 2.35. The normalized spacial score (nSPS) is 16.6. The van der Waals surface area contributed by atoms with Crippen LogP contribution in [-0.2, 0) is 9.47 Å². The van der Waals surface area contributed by atoms with E-state index in [-0.39, 0.29) is 11.9 Å². The summed E-state index contributed by atoms with van der Waals surface area (Å²) in [6.07, 6.45) is 9.38. The van der Waals surface area contributed by atoms with Crippen LogP contribution in [0.1, 0.15) is 79.0 Å². The molecule has 2 heterocycles. The van der Waals surface area contributed by atoms with Gasteiger partial charge in [0.05, 0.1) is 30.9 Å². The average Bonchev–Trinajstić information content (AvgIpc) is 3.02. The summed E-state index contributed by atoms with van der Waals surface area (Å²) in [6.45, 7) is 9.81. The van der Waals surface area contributed by atoms with Crippen molar-refractivity contribution in [1.82, 2.24) is 9.80 Å². The van der Waals surface area contributed by atoms with Gasteiger partial charge in [0.1, 0.15) is 5.75 Å². The third-order valence-electron chi connectivity index (χ3n) is 8.29. The second kappa shape index (κ2) is 14.6. The second-order valence-corrected chi connectivity index (χ2v) is 11.3. The Morgan fingerprint density at radius 2 is 1.20 bits per heavy atom. The van der Waals surface area contributed by atoms with Gasteiger partial charge in [-0.15, -0.1) is 0 Å². The first-order valence-corrected chi connectivity index (χ1v) is 15.5. The number of hydrogen-bond donors (Lipinski definition) is 0. The molecule has 0 unspecified atom stereocenters. The van der Waals surface area contributed by atoms with Crippen molar-refractivity contribution in [2.45, 2.75) is 58.3 Å². The van der Waals surface area contributed by atoms with E-state index in [0.29, 0.717) is 36.7 Å². The number of fused-ring (bicyclic) bond motifs is 3. The number of esters is 2. The highest BCUT2D eigenvalue weighted by atomic mass is 16.5. The second-order valence-electron chi connectivity index (χ2n) is 11.3. The van der Waals surface area contributed by atoms with Crippen LogP contribution in [0.15, 0.2) is 42.5 Å². The Hall–Kier alpha value is -3.16. The highest BCUT2D eigenvalue weighted by Gasteiger charge is 2.16.